The van der Waals surface area contributed by atoms with Gasteiger partial charge in [-0.3, -0.25) is 0 Å². The van der Waals surface area contributed by atoms with E-state index in [2.05, 4.69) is 31.4 Å². The second kappa shape index (κ2) is 7.41. The van der Waals surface area contributed by atoms with Gasteiger partial charge < -0.3 is 10.6 Å². The Labute approximate surface area is 104 Å². The first kappa shape index (κ1) is 14.1. The van der Waals surface area contributed by atoms with Crippen LogP contribution in [0.25, 0.3) is 0 Å². The normalized spacial score (nSPS) is 13.0. The Morgan fingerprint density at radius 2 is 1.94 bits per heavy atom. The van der Waals surface area contributed by atoms with E-state index < -0.39 is 0 Å². The minimum atomic E-state index is -0.156. The van der Waals surface area contributed by atoms with Crippen LogP contribution in [-0.2, 0) is 6.42 Å². The molecule has 1 unspecified atom stereocenters. The summed E-state index contributed by atoms with van der Waals surface area (Å²) in [5.74, 6) is -0.156. The number of benzene rings is 1. The molecule has 0 bridgehead atoms. The highest BCUT2D eigenvalue weighted by Gasteiger charge is 2.02. The predicted octanol–water partition coefficient (Wildman–Crippen LogP) is 2.34. The van der Waals surface area contributed by atoms with Crippen molar-refractivity contribution in [3.8, 4) is 0 Å². The third-order valence-electron chi connectivity index (χ3n) is 2.63. The Balaban J connectivity index is 2.19. The number of hydrogen-bond donors (Lipinski definition) is 2. The molecule has 0 spiro atoms. The monoisotopic (exact) mass is 238 g/mol. The van der Waals surface area contributed by atoms with E-state index in [0.717, 1.165) is 25.1 Å². The Bertz CT molecular complexity index is 326. The molecule has 3 heteroatoms. The van der Waals surface area contributed by atoms with Gasteiger partial charge >= 0.3 is 0 Å². The lowest BCUT2D eigenvalue weighted by molar-refractivity contribution is 0.476. The van der Waals surface area contributed by atoms with Crippen LogP contribution in [0.4, 0.5) is 4.39 Å². The molecule has 17 heavy (non-hydrogen) atoms. The maximum Gasteiger partial charge on any atom is 0.123 e. The summed E-state index contributed by atoms with van der Waals surface area (Å²) in [6, 6.07) is 7.74. The van der Waals surface area contributed by atoms with Crippen LogP contribution in [0, 0.1) is 5.82 Å². The molecule has 0 aliphatic heterocycles. The van der Waals surface area contributed by atoms with E-state index in [1.807, 2.05) is 6.07 Å². The van der Waals surface area contributed by atoms with Crippen LogP contribution in [0.5, 0.6) is 0 Å². The predicted molar refractivity (Wildman–Crippen MR) is 70.7 cm³/mol. The van der Waals surface area contributed by atoms with E-state index in [0.29, 0.717) is 12.1 Å². The van der Waals surface area contributed by atoms with Crippen molar-refractivity contribution < 1.29 is 4.39 Å². The van der Waals surface area contributed by atoms with Crippen LogP contribution in [0.1, 0.15) is 26.3 Å². The van der Waals surface area contributed by atoms with Crippen molar-refractivity contribution in [2.45, 2.75) is 39.3 Å². The van der Waals surface area contributed by atoms with Crippen molar-refractivity contribution in [2.24, 2.45) is 0 Å². The van der Waals surface area contributed by atoms with Crippen molar-refractivity contribution in [1.82, 2.24) is 10.6 Å². The van der Waals surface area contributed by atoms with E-state index in [1.54, 1.807) is 12.1 Å². The molecule has 2 nitrogen and oxygen atoms in total. The summed E-state index contributed by atoms with van der Waals surface area (Å²) >= 11 is 0. The van der Waals surface area contributed by atoms with Crippen LogP contribution in [0.3, 0.4) is 0 Å². The fourth-order valence-corrected chi connectivity index (χ4v) is 1.64. The minimum Gasteiger partial charge on any atom is -0.313 e. The van der Waals surface area contributed by atoms with Crippen LogP contribution in [0.2, 0.25) is 0 Å². The van der Waals surface area contributed by atoms with Gasteiger partial charge in [0.2, 0.25) is 0 Å². The molecule has 0 fully saturated rings. The maximum absolute atomic E-state index is 12.9. The third kappa shape index (κ3) is 6.39. The van der Waals surface area contributed by atoms with Crippen molar-refractivity contribution >= 4 is 0 Å². The van der Waals surface area contributed by atoms with Gasteiger partial charge in [-0.05, 0) is 37.6 Å². The van der Waals surface area contributed by atoms with Crippen LogP contribution in [0.15, 0.2) is 24.3 Å². The summed E-state index contributed by atoms with van der Waals surface area (Å²) in [6.07, 6.45) is 0.865. The Hall–Kier alpha value is -0.930. The van der Waals surface area contributed by atoms with Gasteiger partial charge in [-0.2, -0.15) is 0 Å². The lowest BCUT2D eigenvalue weighted by atomic mass is 10.1. The number of nitrogens with one attached hydrogen (secondary N) is 2. The summed E-state index contributed by atoms with van der Waals surface area (Å²) in [5, 5.41) is 6.80. The zero-order chi connectivity index (χ0) is 12.7. The largest absolute Gasteiger partial charge is 0.313 e. The van der Waals surface area contributed by atoms with E-state index in [9.17, 15) is 4.39 Å². The topological polar surface area (TPSA) is 24.1 Å². The zero-order valence-electron chi connectivity index (χ0n) is 11.0. The van der Waals surface area contributed by atoms with Gasteiger partial charge in [-0.15, -0.1) is 0 Å². The number of rotatable bonds is 7. The minimum absolute atomic E-state index is 0.156. The van der Waals surface area contributed by atoms with Gasteiger partial charge in [0.25, 0.3) is 0 Å². The van der Waals surface area contributed by atoms with Gasteiger partial charge in [0.05, 0.1) is 0 Å². The molecule has 0 aliphatic carbocycles. The van der Waals surface area contributed by atoms with E-state index >= 15 is 0 Å². The molecule has 0 saturated carbocycles. The van der Waals surface area contributed by atoms with Gasteiger partial charge in [-0.25, -0.2) is 4.39 Å². The summed E-state index contributed by atoms with van der Waals surface area (Å²) in [4.78, 5) is 0. The quantitative estimate of drug-likeness (QED) is 0.762. The molecule has 96 valence electrons. The fraction of sp³-hybridized carbons (Fsp3) is 0.571. The van der Waals surface area contributed by atoms with Crippen molar-refractivity contribution in [2.75, 3.05) is 13.1 Å². The molecule has 2 N–H and O–H groups in total. The highest BCUT2D eigenvalue weighted by Crippen LogP contribution is 2.03. The molecular formula is C14H23FN2. The molecule has 0 amide bonds. The third-order valence-corrected chi connectivity index (χ3v) is 2.63. The maximum atomic E-state index is 12.9. The molecule has 0 aromatic heterocycles. The molecule has 0 aliphatic rings. The molecule has 1 aromatic rings. The summed E-state index contributed by atoms with van der Waals surface area (Å²) < 4.78 is 12.9. The average Bonchev–Trinajstić information content (AvgIpc) is 2.26. The zero-order valence-corrected chi connectivity index (χ0v) is 11.0. The second-order valence-corrected chi connectivity index (χ2v) is 4.80. The molecule has 1 atom stereocenters. The van der Waals surface area contributed by atoms with Crippen LogP contribution >= 0.6 is 0 Å². The first-order chi connectivity index (χ1) is 8.08. The summed E-state index contributed by atoms with van der Waals surface area (Å²) in [6.45, 7) is 8.27. The van der Waals surface area contributed by atoms with E-state index in [-0.39, 0.29) is 5.82 Å². The van der Waals surface area contributed by atoms with Gasteiger partial charge in [-0.1, -0.05) is 26.0 Å². The molecule has 0 heterocycles. The van der Waals surface area contributed by atoms with Gasteiger partial charge in [0, 0.05) is 18.6 Å². The standard InChI is InChI=1S/C14H23FN2/c1-11(2)17-10-12(3)16-8-7-13-5-4-6-14(15)9-13/h4-6,9,11-12,16-17H,7-8,10H2,1-3H3. The lowest BCUT2D eigenvalue weighted by Gasteiger charge is -2.16. The smallest absolute Gasteiger partial charge is 0.123 e. The highest BCUT2D eigenvalue weighted by atomic mass is 19.1. The van der Waals surface area contributed by atoms with E-state index in [1.165, 1.54) is 6.07 Å². The summed E-state index contributed by atoms with van der Waals surface area (Å²) in [7, 11) is 0. The number of halogens is 1. The first-order valence-electron chi connectivity index (χ1n) is 6.29. The van der Waals surface area contributed by atoms with Crippen molar-refractivity contribution in [3.05, 3.63) is 35.6 Å². The van der Waals surface area contributed by atoms with Crippen molar-refractivity contribution in [3.63, 3.8) is 0 Å². The van der Waals surface area contributed by atoms with Crippen molar-refractivity contribution in [1.29, 1.82) is 0 Å². The molecule has 1 rings (SSSR count). The fourth-order valence-electron chi connectivity index (χ4n) is 1.64. The Morgan fingerprint density at radius 3 is 2.59 bits per heavy atom. The Kier molecular flexibility index (Phi) is 6.16. The second-order valence-electron chi connectivity index (χ2n) is 4.80. The molecule has 0 radical (unpaired) electrons. The molecule has 0 saturated heterocycles. The van der Waals surface area contributed by atoms with Gasteiger partial charge in [0.15, 0.2) is 0 Å². The van der Waals surface area contributed by atoms with Gasteiger partial charge in [0.1, 0.15) is 5.82 Å². The molecular weight excluding hydrogens is 215 g/mol. The Morgan fingerprint density at radius 1 is 1.18 bits per heavy atom. The number of hydrogen-bond acceptors (Lipinski definition) is 2. The SMILES string of the molecule is CC(C)NCC(C)NCCc1cccc(F)c1. The van der Waals surface area contributed by atoms with Crippen LogP contribution in [-0.4, -0.2) is 25.2 Å². The molecule has 1 aromatic carbocycles. The van der Waals surface area contributed by atoms with E-state index in [4.69, 9.17) is 0 Å². The highest BCUT2D eigenvalue weighted by molar-refractivity contribution is 5.16. The van der Waals surface area contributed by atoms with Crippen LogP contribution < -0.4 is 10.6 Å². The average molecular weight is 238 g/mol. The summed E-state index contributed by atoms with van der Waals surface area (Å²) in [5.41, 5.74) is 1.04. The first-order valence-corrected chi connectivity index (χ1v) is 6.29. The lowest BCUT2D eigenvalue weighted by Crippen LogP contribution is -2.39.